The SMILES string of the molecule is COc1ccc(S(=O)(=O)N2CC3CC(NC(=O)c4ccccc4)C2C3)cc1Cl. The molecule has 1 aliphatic heterocycles. The highest BCUT2D eigenvalue weighted by molar-refractivity contribution is 7.89. The van der Waals surface area contributed by atoms with Crippen molar-refractivity contribution in [2.24, 2.45) is 5.92 Å². The third-order valence-corrected chi connectivity index (χ3v) is 7.70. The molecule has 0 spiro atoms. The molecule has 0 radical (unpaired) electrons. The zero-order valence-corrected chi connectivity index (χ0v) is 16.9. The molecule has 4 rings (SSSR count). The number of nitrogens with zero attached hydrogens (tertiary/aromatic N) is 1. The van der Waals surface area contributed by atoms with Gasteiger partial charge < -0.3 is 10.1 Å². The average Bonchev–Trinajstić information content (AvgIpc) is 3.29. The average molecular weight is 421 g/mol. The predicted molar refractivity (Wildman–Crippen MR) is 106 cm³/mol. The highest BCUT2D eigenvalue weighted by Gasteiger charge is 2.50. The molecule has 148 valence electrons. The second kappa shape index (κ2) is 7.39. The van der Waals surface area contributed by atoms with Crippen molar-refractivity contribution in [2.45, 2.75) is 29.8 Å². The van der Waals surface area contributed by atoms with E-state index in [1.54, 1.807) is 30.3 Å². The summed E-state index contributed by atoms with van der Waals surface area (Å²) in [6.45, 7) is 0.467. The Kier molecular flexibility index (Phi) is 5.07. The number of carbonyl (C=O) groups excluding carboxylic acids is 1. The van der Waals surface area contributed by atoms with E-state index in [1.165, 1.54) is 23.5 Å². The normalized spacial score (nSPS) is 24.3. The summed E-state index contributed by atoms with van der Waals surface area (Å²) < 4.78 is 33.0. The van der Waals surface area contributed by atoms with Crippen molar-refractivity contribution in [1.29, 1.82) is 0 Å². The molecule has 3 atom stereocenters. The maximum absolute atomic E-state index is 13.2. The highest BCUT2D eigenvalue weighted by atomic mass is 35.5. The summed E-state index contributed by atoms with van der Waals surface area (Å²) in [6.07, 6.45) is 1.54. The van der Waals surface area contributed by atoms with E-state index in [1.807, 2.05) is 6.07 Å². The monoisotopic (exact) mass is 420 g/mol. The molecular weight excluding hydrogens is 400 g/mol. The lowest BCUT2D eigenvalue weighted by Gasteiger charge is -2.33. The van der Waals surface area contributed by atoms with E-state index >= 15 is 0 Å². The molecule has 2 aromatic rings. The van der Waals surface area contributed by atoms with Crippen LogP contribution in [-0.4, -0.2) is 44.4 Å². The molecule has 0 aromatic heterocycles. The number of ether oxygens (including phenoxy) is 1. The van der Waals surface area contributed by atoms with Gasteiger partial charge in [0, 0.05) is 24.2 Å². The second-order valence-corrected chi connectivity index (χ2v) is 9.52. The highest BCUT2D eigenvalue weighted by Crippen LogP contribution is 2.41. The maximum atomic E-state index is 13.2. The van der Waals surface area contributed by atoms with Gasteiger partial charge in [-0.2, -0.15) is 4.31 Å². The number of nitrogens with one attached hydrogen (secondary N) is 1. The number of benzene rings is 2. The van der Waals surface area contributed by atoms with Gasteiger partial charge in [0.25, 0.3) is 5.91 Å². The molecule has 6 nitrogen and oxygen atoms in total. The zero-order valence-electron chi connectivity index (χ0n) is 15.3. The summed E-state index contributed by atoms with van der Waals surface area (Å²) in [5.41, 5.74) is 0.571. The number of hydrogen-bond acceptors (Lipinski definition) is 4. The van der Waals surface area contributed by atoms with Crippen LogP contribution in [0.5, 0.6) is 5.75 Å². The van der Waals surface area contributed by atoms with Crippen LogP contribution < -0.4 is 10.1 Å². The Morgan fingerprint density at radius 3 is 2.57 bits per heavy atom. The summed E-state index contributed by atoms with van der Waals surface area (Å²) >= 11 is 6.12. The number of methoxy groups -OCH3 is 1. The fourth-order valence-electron chi connectivity index (χ4n) is 4.19. The minimum atomic E-state index is -3.71. The third kappa shape index (κ3) is 3.38. The molecule has 28 heavy (non-hydrogen) atoms. The van der Waals surface area contributed by atoms with E-state index in [2.05, 4.69) is 5.32 Å². The van der Waals surface area contributed by atoms with E-state index in [-0.39, 0.29) is 33.8 Å². The molecule has 2 aliphatic rings. The molecule has 1 N–H and O–H groups in total. The first-order chi connectivity index (χ1) is 13.4. The number of sulfonamides is 1. The van der Waals surface area contributed by atoms with Crippen LogP contribution in [0.4, 0.5) is 0 Å². The van der Waals surface area contributed by atoms with Crippen LogP contribution in [0.2, 0.25) is 5.02 Å². The molecule has 1 saturated heterocycles. The van der Waals surface area contributed by atoms with E-state index in [9.17, 15) is 13.2 Å². The van der Waals surface area contributed by atoms with Crippen LogP contribution in [0.1, 0.15) is 23.2 Å². The molecule has 8 heteroatoms. The van der Waals surface area contributed by atoms with Crippen LogP contribution in [0.25, 0.3) is 0 Å². The molecule has 1 aliphatic carbocycles. The minimum absolute atomic E-state index is 0.138. The minimum Gasteiger partial charge on any atom is -0.495 e. The number of hydrogen-bond donors (Lipinski definition) is 1. The number of carbonyl (C=O) groups is 1. The van der Waals surface area contributed by atoms with Crippen LogP contribution in [-0.2, 0) is 10.0 Å². The largest absolute Gasteiger partial charge is 0.495 e. The van der Waals surface area contributed by atoms with Crippen molar-refractivity contribution in [1.82, 2.24) is 9.62 Å². The Morgan fingerprint density at radius 2 is 1.93 bits per heavy atom. The topological polar surface area (TPSA) is 75.7 Å². The van der Waals surface area contributed by atoms with Crippen molar-refractivity contribution in [3.8, 4) is 5.75 Å². The molecule has 2 bridgehead atoms. The van der Waals surface area contributed by atoms with E-state index in [0.29, 0.717) is 17.9 Å². The number of amides is 1. The summed E-state index contributed by atoms with van der Waals surface area (Å²) in [5, 5.41) is 3.27. The molecule has 1 saturated carbocycles. The standard InChI is InChI=1S/C20H21ClN2O4S/c1-27-19-8-7-15(11-16(19)21)28(25,26)23-12-13-9-17(18(23)10-13)22-20(24)14-5-3-2-4-6-14/h2-8,11,13,17-18H,9-10,12H2,1H3,(H,22,24). The van der Waals surface area contributed by atoms with Gasteiger partial charge in [0.1, 0.15) is 5.75 Å². The number of piperidine rings is 1. The van der Waals surface area contributed by atoms with Gasteiger partial charge in [0.15, 0.2) is 0 Å². The molecule has 1 heterocycles. The smallest absolute Gasteiger partial charge is 0.251 e. The number of fused-ring (bicyclic) bond motifs is 2. The summed E-state index contributed by atoms with van der Waals surface area (Å²) in [7, 11) is -2.23. The first-order valence-corrected chi connectivity index (χ1v) is 10.9. The molecule has 2 fully saturated rings. The van der Waals surface area contributed by atoms with Crippen molar-refractivity contribution < 1.29 is 17.9 Å². The van der Waals surface area contributed by atoms with Gasteiger partial charge in [-0.05, 0) is 49.1 Å². The van der Waals surface area contributed by atoms with Crippen LogP contribution in [0.3, 0.4) is 0 Å². The molecular formula is C20H21ClN2O4S. The van der Waals surface area contributed by atoms with Gasteiger partial charge in [0.2, 0.25) is 10.0 Å². The lowest BCUT2D eigenvalue weighted by Crippen LogP contribution is -2.51. The number of halogens is 1. The van der Waals surface area contributed by atoms with E-state index < -0.39 is 10.0 Å². The Labute approximate surface area is 169 Å². The van der Waals surface area contributed by atoms with Gasteiger partial charge in [-0.3, -0.25) is 4.79 Å². The Balaban J connectivity index is 1.55. The first kappa shape index (κ1) is 19.2. The Morgan fingerprint density at radius 1 is 1.18 bits per heavy atom. The Hall–Kier alpha value is -2.09. The van der Waals surface area contributed by atoms with E-state index in [0.717, 1.165) is 12.8 Å². The van der Waals surface area contributed by atoms with Crippen molar-refractivity contribution in [2.75, 3.05) is 13.7 Å². The van der Waals surface area contributed by atoms with Crippen molar-refractivity contribution in [3.63, 3.8) is 0 Å². The summed E-state index contributed by atoms with van der Waals surface area (Å²) in [4.78, 5) is 12.6. The lowest BCUT2D eigenvalue weighted by atomic mass is 10.1. The first-order valence-electron chi connectivity index (χ1n) is 9.11. The molecule has 2 aromatic carbocycles. The van der Waals surface area contributed by atoms with Gasteiger partial charge in [-0.15, -0.1) is 0 Å². The predicted octanol–water partition coefficient (Wildman–Crippen LogP) is 2.93. The zero-order chi connectivity index (χ0) is 19.9. The fourth-order valence-corrected chi connectivity index (χ4v) is 6.29. The Bertz CT molecular complexity index is 997. The van der Waals surface area contributed by atoms with Crippen LogP contribution in [0.15, 0.2) is 53.4 Å². The maximum Gasteiger partial charge on any atom is 0.251 e. The van der Waals surface area contributed by atoms with Gasteiger partial charge in [0.05, 0.1) is 17.0 Å². The van der Waals surface area contributed by atoms with Crippen LogP contribution in [0, 0.1) is 5.92 Å². The van der Waals surface area contributed by atoms with Crippen LogP contribution >= 0.6 is 11.6 Å². The van der Waals surface area contributed by atoms with Crippen molar-refractivity contribution in [3.05, 3.63) is 59.1 Å². The molecule has 3 unspecified atom stereocenters. The fraction of sp³-hybridized carbons (Fsp3) is 0.350. The number of rotatable bonds is 5. The van der Waals surface area contributed by atoms with Gasteiger partial charge >= 0.3 is 0 Å². The van der Waals surface area contributed by atoms with Crippen molar-refractivity contribution >= 4 is 27.5 Å². The quantitative estimate of drug-likeness (QED) is 0.806. The van der Waals surface area contributed by atoms with Gasteiger partial charge in [-0.25, -0.2) is 8.42 Å². The third-order valence-electron chi connectivity index (χ3n) is 5.52. The summed E-state index contributed by atoms with van der Waals surface area (Å²) in [6, 6.07) is 13.0. The van der Waals surface area contributed by atoms with Gasteiger partial charge in [-0.1, -0.05) is 29.8 Å². The summed E-state index contributed by atoms with van der Waals surface area (Å²) in [5.74, 6) is 0.495. The second-order valence-electron chi connectivity index (χ2n) is 7.22. The molecule has 1 amide bonds. The van der Waals surface area contributed by atoms with E-state index in [4.69, 9.17) is 16.3 Å². The lowest BCUT2D eigenvalue weighted by molar-refractivity contribution is 0.0917.